The normalized spacial score (nSPS) is 17.0. The molecule has 0 radical (unpaired) electrons. The van der Waals surface area contributed by atoms with Gasteiger partial charge in [0.25, 0.3) is 0 Å². The van der Waals surface area contributed by atoms with Crippen molar-refractivity contribution in [3.63, 3.8) is 0 Å². The van der Waals surface area contributed by atoms with Crippen LogP contribution in [0, 0.1) is 11.3 Å². The molecule has 0 bridgehead atoms. The number of nitrogens with zero attached hydrogens (tertiary/aromatic N) is 7. The Morgan fingerprint density at radius 3 is 2.76 bits per heavy atom. The van der Waals surface area contributed by atoms with Crippen LogP contribution >= 0.6 is 0 Å². The van der Waals surface area contributed by atoms with Crippen molar-refractivity contribution in [2.24, 2.45) is 0 Å². The summed E-state index contributed by atoms with van der Waals surface area (Å²) >= 11 is 0. The lowest BCUT2D eigenvalue weighted by molar-refractivity contribution is 0.483. The van der Waals surface area contributed by atoms with Crippen LogP contribution in [0.25, 0.3) is 0 Å². The summed E-state index contributed by atoms with van der Waals surface area (Å²) in [6, 6.07) is 8.16. The SMILES string of the molecule is CN(C)c1ccnc(N(C)C2CCCN(c3ccnc(C#N)c3)C2)n1. The maximum absolute atomic E-state index is 9.06. The fraction of sp³-hybridized carbons (Fsp3) is 0.444. The minimum absolute atomic E-state index is 0.324. The molecule has 0 N–H and O–H groups in total. The molecule has 1 aliphatic rings. The van der Waals surface area contributed by atoms with Gasteiger partial charge in [-0.2, -0.15) is 10.2 Å². The molecule has 0 spiro atoms. The van der Waals surface area contributed by atoms with E-state index in [1.165, 1.54) is 0 Å². The molecule has 3 rings (SSSR count). The van der Waals surface area contributed by atoms with Gasteiger partial charge < -0.3 is 14.7 Å². The molecule has 0 aromatic carbocycles. The minimum atomic E-state index is 0.324. The van der Waals surface area contributed by atoms with E-state index in [-0.39, 0.29) is 0 Å². The van der Waals surface area contributed by atoms with E-state index in [4.69, 9.17) is 5.26 Å². The lowest BCUT2D eigenvalue weighted by Crippen LogP contribution is -2.47. The predicted molar refractivity (Wildman–Crippen MR) is 98.9 cm³/mol. The molecule has 3 heterocycles. The second-order valence-corrected chi connectivity index (χ2v) is 6.47. The van der Waals surface area contributed by atoms with E-state index in [0.29, 0.717) is 11.7 Å². The predicted octanol–water partition coefficient (Wildman–Crippen LogP) is 1.91. The van der Waals surface area contributed by atoms with Crippen LogP contribution in [0.5, 0.6) is 0 Å². The van der Waals surface area contributed by atoms with Gasteiger partial charge in [-0.3, -0.25) is 0 Å². The van der Waals surface area contributed by atoms with Crippen LogP contribution < -0.4 is 14.7 Å². The second-order valence-electron chi connectivity index (χ2n) is 6.47. The Kier molecular flexibility index (Phi) is 4.98. The Hall–Kier alpha value is -2.88. The lowest BCUT2D eigenvalue weighted by atomic mass is 10.0. The van der Waals surface area contributed by atoms with Crippen molar-refractivity contribution in [1.29, 1.82) is 5.26 Å². The number of anilines is 3. The summed E-state index contributed by atoms with van der Waals surface area (Å²) in [5.41, 5.74) is 1.50. The number of likely N-dealkylation sites (N-methyl/N-ethyl adjacent to an activating group) is 1. The number of hydrogen-bond donors (Lipinski definition) is 0. The third-order valence-corrected chi connectivity index (χ3v) is 4.57. The third kappa shape index (κ3) is 3.79. The van der Waals surface area contributed by atoms with E-state index in [1.807, 2.05) is 37.2 Å². The van der Waals surface area contributed by atoms with E-state index in [0.717, 1.165) is 43.4 Å². The highest BCUT2D eigenvalue weighted by atomic mass is 15.3. The van der Waals surface area contributed by atoms with Gasteiger partial charge in [0.15, 0.2) is 0 Å². The number of rotatable bonds is 4. The summed E-state index contributed by atoms with van der Waals surface area (Å²) in [6.07, 6.45) is 5.69. The topological polar surface area (TPSA) is 72.2 Å². The van der Waals surface area contributed by atoms with Crippen LogP contribution in [-0.4, -0.2) is 55.2 Å². The highest BCUT2D eigenvalue weighted by Gasteiger charge is 2.25. The summed E-state index contributed by atoms with van der Waals surface area (Å²) in [5.74, 6) is 1.64. The van der Waals surface area contributed by atoms with Crippen LogP contribution in [0.15, 0.2) is 30.6 Å². The van der Waals surface area contributed by atoms with Crippen molar-refractivity contribution in [2.75, 3.05) is 48.9 Å². The summed E-state index contributed by atoms with van der Waals surface area (Å²) in [7, 11) is 6.01. The van der Waals surface area contributed by atoms with Gasteiger partial charge in [-0.15, -0.1) is 0 Å². The van der Waals surface area contributed by atoms with Crippen molar-refractivity contribution in [2.45, 2.75) is 18.9 Å². The Morgan fingerprint density at radius 2 is 2.00 bits per heavy atom. The number of pyridine rings is 1. The van der Waals surface area contributed by atoms with E-state index in [2.05, 4.69) is 37.9 Å². The molecule has 0 amide bonds. The zero-order valence-corrected chi connectivity index (χ0v) is 14.9. The molecule has 1 unspecified atom stereocenters. The first-order chi connectivity index (χ1) is 12.1. The van der Waals surface area contributed by atoms with Crippen LogP contribution in [0.2, 0.25) is 0 Å². The van der Waals surface area contributed by atoms with Crippen LogP contribution in [0.3, 0.4) is 0 Å². The average molecular weight is 337 g/mol. The minimum Gasteiger partial charge on any atom is -0.369 e. The van der Waals surface area contributed by atoms with Crippen molar-refractivity contribution in [3.05, 3.63) is 36.3 Å². The highest BCUT2D eigenvalue weighted by Crippen LogP contribution is 2.24. The van der Waals surface area contributed by atoms with Crippen molar-refractivity contribution in [3.8, 4) is 6.07 Å². The third-order valence-electron chi connectivity index (χ3n) is 4.57. The van der Waals surface area contributed by atoms with E-state index < -0.39 is 0 Å². The smallest absolute Gasteiger partial charge is 0.227 e. The Morgan fingerprint density at radius 1 is 1.20 bits per heavy atom. The van der Waals surface area contributed by atoms with Gasteiger partial charge in [-0.1, -0.05) is 0 Å². The molecular weight excluding hydrogens is 314 g/mol. The van der Waals surface area contributed by atoms with E-state index in [1.54, 1.807) is 12.4 Å². The molecule has 2 aromatic rings. The molecule has 1 atom stereocenters. The summed E-state index contributed by atoms with van der Waals surface area (Å²) in [4.78, 5) is 19.6. The Bertz CT molecular complexity index is 768. The number of nitriles is 1. The van der Waals surface area contributed by atoms with Crippen LogP contribution in [0.1, 0.15) is 18.5 Å². The van der Waals surface area contributed by atoms with Crippen molar-refractivity contribution >= 4 is 17.5 Å². The van der Waals surface area contributed by atoms with E-state index in [9.17, 15) is 0 Å². The van der Waals surface area contributed by atoms with E-state index >= 15 is 0 Å². The Balaban J connectivity index is 1.76. The molecule has 7 nitrogen and oxygen atoms in total. The molecule has 7 heteroatoms. The van der Waals surface area contributed by atoms with Gasteiger partial charge >= 0.3 is 0 Å². The fourth-order valence-electron chi connectivity index (χ4n) is 3.10. The lowest BCUT2D eigenvalue weighted by Gasteiger charge is -2.38. The number of piperidine rings is 1. The zero-order chi connectivity index (χ0) is 17.8. The molecule has 25 heavy (non-hydrogen) atoms. The summed E-state index contributed by atoms with van der Waals surface area (Å²) in [5, 5.41) is 9.06. The number of aromatic nitrogens is 3. The maximum atomic E-state index is 9.06. The fourth-order valence-corrected chi connectivity index (χ4v) is 3.10. The average Bonchev–Trinajstić information content (AvgIpc) is 2.67. The molecular formula is C18H23N7. The first kappa shape index (κ1) is 17.0. The molecule has 0 saturated carbocycles. The molecule has 2 aromatic heterocycles. The van der Waals surface area contributed by atoms with Crippen molar-refractivity contribution in [1.82, 2.24) is 15.0 Å². The standard InChI is InChI=1S/C18H23N7/c1-23(2)17-7-9-21-18(22-17)24(3)16-5-4-10-25(13-16)15-6-8-20-14(11-15)12-19/h6-9,11,16H,4-5,10,13H2,1-3H3. The van der Waals surface area contributed by atoms with Gasteiger partial charge in [0.05, 0.1) is 0 Å². The molecule has 1 aliphatic heterocycles. The largest absolute Gasteiger partial charge is 0.369 e. The quantitative estimate of drug-likeness (QED) is 0.844. The summed E-state index contributed by atoms with van der Waals surface area (Å²) in [6.45, 7) is 1.86. The van der Waals surface area contributed by atoms with Crippen molar-refractivity contribution < 1.29 is 0 Å². The number of hydrogen-bond acceptors (Lipinski definition) is 7. The highest BCUT2D eigenvalue weighted by molar-refractivity contribution is 5.50. The van der Waals surface area contributed by atoms with Crippen LogP contribution in [0.4, 0.5) is 17.5 Å². The first-order valence-electron chi connectivity index (χ1n) is 8.43. The Labute approximate surface area is 148 Å². The monoisotopic (exact) mass is 337 g/mol. The van der Waals surface area contributed by atoms with Gasteiger partial charge in [-0.05, 0) is 31.0 Å². The second kappa shape index (κ2) is 7.34. The van der Waals surface area contributed by atoms with Gasteiger partial charge in [0.1, 0.15) is 17.6 Å². The molecule has 1 fully saturated rings. The van der Waals surface area contributed by atoms with Gasteiger partial charge in [-0.25, -0.2) is 9.97 Å². The van der Waals surface area contributed by atoms with Gasteiger partial charge in [0, 0.05) is 58.4 Å². The van der Waals surface area contributed by atoms with Crippen LogP contribution in [-0.2, 0) is 0 Å². The van der Waals surface area contributed by atoms with Gasteiger partial charge in [0.2, 0.25) is 5.95 Å². The molecule has 0 aliphatic carbocycles. The summed E-state index contributed by atoms with van der Waals surface area (Å²) < 4.78 is 0. The zero-order valence-electron chi connectivity index (χ0n) is 14.9. The molecule has 130 valence electrons. The maximum Gasteiger partial charge on any atom is 0.227 e. The molecule has 1 saturated heterocycles. The first-order valence-corrected chi connectivity index (χ1v) is 8.43.